The third-order valence-corrected chi connectivity index (χ3v) is 9.97. The first-order valence-corrected chi connectivity index (χ1v) is 14.2. The predicted octanol–water partition coefficient (Wildman–Crippen LogP) is 3.17. The molecule has 0 saturated heterocycles. The first kappa shape index (κ1) is 24.9. The molecule has 1 N–H and O–H groups in total. The molecule has 0 unspecified atom stereocenters. The van der Waals surface area contributed by atoms with E-state index < -0.39 is 16.8 Å². The lowest BCUT2D eigenvalue weighted by Crippen LogP contribution is -2.51. The molecule has 12 heteroatoms. The number of benzene rings is 1. The summed E-state index contributed by atoms with van der Waals surface area (Å²) in [5.41, 5.74) is -0.467. The fourth-order valence-electron chi connectivity index (χ4n) is 4.78. The number of nitrogens with one attached hydrogen (secondary N) is 1. The van der Waals surface area contributed by atoms with Crippen LogP contribution in [0.2, 0.25) is 0 Å². The van der Waals surface area contributed by atoms with E-state index in [1.165, 1.54) is 32.6 Å². The standard InChI is InChI=1S/C26H28N6O4S2/c1-16-19-20(33)31(26(11-12-26)23(34)29-38-25(2)9-10-25)24(35)30(15-8-17-6-4-5-7-18(17)36-3)22(19)37-21(16)32-27-13-14-28-32/h4-7,13-14H,8-12,15H2,1-3H3,(H,29,34). The van der Waals surface area contributed by atoms with Gasteiger partial charge in [0.1, 0.15) is 21.1 Å². The van der Waals surface area contributed by atoms with Crippen molar-refractivity contribution < 1.29 is 9.53 Å². The van der Waals surface area contributed by atoms with Crippen molar-refractivity contribution >= 4 is 39.4 Å². The van der Waals surface area contributed by atoms with Crippen molar-refractivity contribution in [3.8, 4) is 10.8 Å². The molecular formula is C26H28N6O4S2. The van der Waals surface area contributed by atoms with E-state index in [-0.39, 0.29) is 10.7 Å². The highest BCUT2D eigenvalue weighted by Gasteiger charge is 2.55. The number of methoxy groups -OCH3 is 1. The molecule has 3 aromatic heterocycles. The minimum absolute atomic E-state index is 0.0329. The maximum absolute atomic E-state index is 14.1. The Labute approximate surface area is 226 Å². The third-order valence-electron chi connectivity index (χ3n) is 7.50. The van der Waals surface area contributed by atoms with Gasteiger partial charge in [-0.1, -0.05) is 29.5 Å². The van der Waals surface area contributed by atoms with Gasteiger partial charge in [0.05, 0.1) is 24.9 Å². The van der Waals surface area contributed by atoms with Crippen molar-refractivity contribution in [1.82, 2.24) is 28.9 Å². The predicted molar refractivity (Wildman–Crippen MR) is 147 cm³/mol. The SMILES string of the molecule is COc1ccccc1CCn1c(=O)n(C2(C(=O)NSC3(C)CC3)CC2)c(=O)c2c(C)c(-n3nccn3)sc21. The first-order chi connectivity index (χ1) is 18.3. The summed E-state index contributed by atoms with van der Waals surface area (Å²) in [5.74, 6) is 0.449. The maximum atomic E-state index is 14.1. The summed E-state index contributed by atoms with van der Waals surface area (Å²) in [6.45, 7) is 4.24. The molecule has 4 aromatic rings. The smallest absolute Gasteiger partial charge is 0.333 e. The molecule has 0 radical (unpaired) electrons. The summed E-state index contributed by atoms with van der Waals surface area (Å²) in [6.07, 6.45) is 6.60. The summed E-state index contributed by atoms with van der Waals surface area (Å²) >= 11 is 2.70. The average Bonchev–Trinajstić information content (AvgIpc) is 3.76. The minimum Gasteiger partial charge on any atom is -0.496 e. The summed E-state index contributed by atoms with van der Waals surface area (Å²) < 4.78 is 11.3. The molecule has 1 aromatic carbocycles. The van der Waals surface area contributed by atoms with Crippen molar-refractivity contribution in [3.63, 3.8) is 0 Å². The second-order valence-corrected chi connectivity index (χ2v) is 12.6. The first-order valence-electron chi connectivity index (χ1n) is 12.5. The number of amides is 1. The van der Waals surface area contributed by atoms with Gasteiger partial charge in [-0.05, 0) is 69.5 Å². The van der Waals surface area contributed by atoms with E-state index in [1.807, 2.05) is 31.2 Å². The van der Waals surface area contributed by atoms with Crippen LogP contribution >= 0.6 is 23.3 Å². The van der Waals surface area contributed by atoms with Crippen LogP contribution < -0.4 is 20.7 Å². The van der Waals surface area contributed by atoms with Gasteiger partial charge in [-0.3, -0.25) is 18.9 Å². The number of fused-ring (bicyclic) bond motifs is 1. The van der Waals surface area contributed by atoms with E-state index in [9.17, 15) is 14.4 Å². The van der Waals surface area contributed by atoms with Gasteiger partial charge in [0.2, 0.25) is 0 Å². The summed E-state index contributed by atoms with van der Waals surface area (Å²) in [4.78, 5) is 43.5. The number of para-hydroxylation sites is 1. The molecule has 0 bridgehead atoms. The van der Waals surface area contributed by atoms with Crippen LogP contribution in [0.1, 0.15) is 43.7 Å². The number of thiophene rings is 1. The Balaban J connectivity index is 1.49. The highest BCUT2D eigenvalue weighted by molar-refractivity contribution is 7.99. The summed E-state index contributed by atoms with van der Waals surface area (Å²) in [6, 6.07) is 7.66. The number of aryl methyl sites for hydroxylation is 3. The van der Waals surface area contributed by atoms with Gasteiger partial charge < -0.3 is 4.74 Å². The van der Waals surface area contributed by atoms with Crippen molar-refractivity contribution in [2.24, 2.45) is 0 Å². The maximum Gasteiger partial charge on any atom is 0.333 e. The van der Waals surface area contributed by atoms with Gasteiger partial charge in [-0.25, -0.2) is 9.36 Å². The van der Waals surface area contributed by atoms with Gasteiger partial charge in [0.25, 0.3) is 11.5 Å². The lowest BCUT2D eigenvalue weighted by Gasteiger charge is -2.20. The zero-order valence-electron chi connectivity index (χ0n) is 21.4. The molecule has 2 aliphatic rings. The molecule has 2 aliphatic carbocycles. The Morgan fingerprint density at radius 3 is 2.53 bits per heavy atom. The molecule has 198 valence electrons. The third kappa shape index (κ3) is 4.06. The second-order valence-electron chi connectivity index (χ2n) is 10.2. The Morgan fingerprint density at radius 2 is 1.87 bits per heavy atom. The summed E-state index contributed by atoms with van der Waals surface area (Å²) in [7, 11) is 1.62. The Kier molecular flexibility index (Phi) is 5.98. The summed E-state index contributed by atoms with van der Waals surface area (Å²) in [5, 5.41) is 9.57. The van der Waals surface area contributed by atoms with Crippen LogP contribution in [0.3, 0.4) is 0 Å². The normalized spacial score (nSPS) is 16.9. The molecule has 3 heterocycles. The zero-order chi connectivity index (χ0) is 26.7. The number of nitrogens with zero attached hydrogens (tertiary/aromatic N) is 5. The number of hydrogen-bond donors (Lipinski definition) is 1. The van der Waals surface area contributed by atoms with Crippen molar-refractivity contribution in [2.75, 3.05) is 7.11 Å². The Bertz CT molecular complexity index is 1660. The Morgan fingerprint density at radius 1 is 1.16 bits per heavy atom. The molecule has 2 saturated carbocycles. The van der Waals surface area contributed by atoms with Crippen molar-refractivity contribution in [2.45, 2.75) is 62.8 Å². The van der Waals surface area contributed by atoms with Crippen LogP contribution in [0.4, 0.5) is 0 Å². The highest BCUT2D eigenvalue weighted by Crippen LogP contribution is 2.48. The van der Waals surface area contributed by atoms with Crippen LogP contribution in [-0.4, -0.2) is 41.9 Å². The van der Waals surface area contributed by atoms with Gasteiger partial charge >= 0.3 is 5.69 Å². The number of carbonyl (C=O) groups excluding carboxylic acids is 1. The van der Waals surface area contributed by atoms with Crippen LogP contribution in [0.5, 0.6) is 5.75 Å². The van der Waals surface area contributed by atoms with Gasteiger partial charge in [0.15, 0.2) is 0 Å². The molecule has 0 spiro atoms. The molecule has 38 heavy (non-hydrogen) atoms. The number of aromatic nitrogens is 5. The topological polar surface area (TPSA) is 113 Å². The minimum atomic E-state index is -1.18. The van der Waals surface area contributed by atoms with Crippen LogP contribution in [0.25, 0.3) is 15.2 Å². The lowest BCUT2D eigenvalue weighted by molar-refractivity contribution is -0.123. The highest BCUT2D eigenvalue weighted by atomic mass is 32.2. The second kappa shape index (κ2) is 9.12. The van der Waals surface area contributed by atoms with Crippen LogP contribution in [0.15, 0.2) is 46.2 Å². The lowest BCUT2D eigenvalue weighted by atomic mass is 10.1. The van der Waals surface area contributed by atoms with Crippen LogP contribution in [0, 0.1) is 6.92 Å². The molecule has 0 atom stereocenters. The van der Waals surface area contributed by atoms with Crippen LogP contribution in [-0.2, 0) is 23.3 Å². The number of hydrogen-bond acceptors (Lipinski definition) is 8. The van der Waals surface area contributed by atoms with Gasteiger partial charge in [-0.15, -0.1) is 4.80 Å². The number of rotatable bonds is 9. The van der Waals surface area contributed by atoms with E-state index in [4.69, 9.17) is 4.74 Å². The van der Waals surface area contributed by atoms with Crippen molar-refractivity contribution in [3.05, 3.63) is 68.6 Å². The van der Waals surface area contributed by atoms with E-state index >= 15 is 0 Å². The fourth-order valence-corrected chi connectivity index (χ4v) is 6.85. The molecular weight excluding hydrogens is 524 g/mol. The van der Waals surface area contributed by atoms with Crippen molar-refractivity contribution in [1.29, 1.82) is 0 Å². The monoisotopic (exact) mass is 552 g/mol. The quantitative estimate of drug-likeness (QED) is 0.317. The van der Waals surface area contributed by atoms with E-state index in [2.05, 4.69) is 21.8 Å². The van der Waals surface area contributed by atoms with Gasteiger partial charge in [-0.2, -0.15) is 10.2 Å². The fraction of sp³-hybridized carbons (Fsp3) is 0.423. The van der Waals surface area contributed by atoms with Gasteiger partial charge in [0, 0.05) is 16.9 Å². The number of ether oxygens (including phenoxy) is 1. The number of carbonyl (C=O) groups is 1. The molecule has 2 fully saturated rings. The average molecular weight is 553 g/mol. The largest absolute Gasteiger partial charge is 0.496 e. The van der Waals surface area contributed by atoms with E-state index in [1.54, 1.807) is 24.1 Å². The Hall–Kier alpha value is -3.38. The molecule has 6 rings (SSSR count). The molecule has 1 amide bonds. The molecule has 10 nitrogen and oxygen atoms in total. The molecule has 0 aliphatic heterocycles. The van der Waals surface area contributed by atoms with E-state index in [0.717, 1.165) is 24.2 Å². The zero-order valence-corrected chi connectivity index (χ0v) is 23.0. The van der Waals surface area contributed by atoms with E-state index in [0.29, 0.717) is 46.6 Å².